The summed E-state index contributed by atoms with van der Waals surface area (Å²) in [5.41, 5.74) is 2.72. The maximum Gasteiger partial charge on any atom is 0.224 e. The number of amides is 2. The fourth-order valence-corrected chi connectivity index (χ4v) is 4.58. The number of nitrogens with zero attached hydrogens (tertiary/aromatic N) is 3. The zero-order valence-corrected chi connectivity index (χ0v) is 21.3. The summed E-state index contributed by atoms with van der Waals surface area (Å²) in [4.78, 5) is 34.3. The van der Waals surface area contributed by atoms with Gasteiger partial charge in [0.2, 0.25) is 11.8 Å². The van der Waals surface area contributed by atoms with Crippen molar-refractivity contribution in [2.45, 2.75) is 25.9 Å². The Labute approximate surface area is 216 Å². The largest absolute Gasteiger partial charge is 0.486 e. The van der Waals surface area contributed by atoms with Gasteiger partial charge in [-0.15, -0.1) is 0 Å². The van der Waals surface area contributed by atoms with Crippen molar-refractivity contribution in [3.63, 3.8) is 0 Å². The van der Waals surface area contributed by atoms with Crippen molar-refractivity contribution in [3.8, 4) is 11.5 Å². The molecule has 0 unspecified atom stereocenters. The lowest BCUT2D eigenvalue weighted by molar-refractivity contribution is -0.124. The summed E-state index contributed by atoms with van der Waals surface area (Å²) in [7, 11) is 2.14. The molecule has 2 aliphatic heterocycles. The van der Waals surface area contributed by atoms with E-state index in [2.05, 4.69) is 40.5 Å². The number of aromatic nitrogens is 1. The first-order valence-electron chi connectivity index (χ1n) is 12.7. The van der Waals surface area contributed by atoms with Crippen LogP contribution < -0.4 is 25.0 Å². The third kappa shape index (κ3) is 6.11. The number of pyridine rings is 1. The number of anilines is 2. The van der Waals surface area contributed by atoms with Gasteiger partial charge in [0.1, 0.15) is 18.5 Å². The molecule has 0 saturated carbocycles. The van der Waals surface area contributed by atoms with Gasteiger partial charge in [-0.3, -0.25) is 9.59 Å². The minimum Gasteiger partial charge on any atom is -0.486 e. The summed E-state index contributed by atoms with van der Waals surface area (Å²) in [5.74, 6) is 1.96. The highest BCUT2D eigenvalue weighted by Gasteiger charge is 2.21. The number of benzene rings is 2. The van der Waals surface area contributed by atoms with Gasteiger partial charge < -0.3 is 29.9 Å². The molecule has 0 aliphatic carbocycles. The lowest BCUT2D eigenvalue weighted by atomic mass is 10.1. The van der Waals surface area contributed by atoms with Gasteiger partial charge in [0.15, 0.2) is 11.5 Å². The molecule has 1 atom stereocenters. The predicted molar refractivity (Wildman–Crippen MR) is 143 cm³/mol. The monoisotopic (exact) mass is 503 g/mol. The number of likely N-dealkylation sites (N-methyl/N-ethyl adjacent to an activating group) is 1. The number of ether oxygens (including phenoxy) is 2. The maximum absolute atomic E-state index is 12.5. The van der Waals surface area contributed by atoms with Crippen molar-refractivity contribution in [3.05, 3.63) is 54.1 Å². The van der Waals surface area contributed by atoms with Crippen LogP contribution in [0.2, 0.25) is 0 Å². The van der Waals surface area contributed by atoms with Crippen molar-refractivity contribution < 1.29 is 19.1 Å². The van der Waals surface area contributed by atoms with Crippen LogP contribution in [0.4, 0.5) is 11.5 Å². The molecule has 1 fully saturated rings. The van der Waals surface area contributed by atoms with Crippen LogP contribution in [0.3, 0.4) is 0 Å². The van der Waals surface area contributed by atoms with Crippen molar-refractivity contribution in [2.24, 2.45) is 0 Å². The summed E-state index contributed by atoms with van der Waals surface area (Å²) in [6, 6.07) is 15.3. The van der Waals surface area contributed by atoms with E-state index in [4.69, 9.17) is 14.5 Å². The number of aryl methyl sites for hydroxylation is 1. The van der Waals surface area contributed by atoms with Gasteiger partial charge in [-0.2, -0.15) is 0 Å². The Morgan fingerprint density at radius 2 is 1.76 bits per heavy atom. The minimum atomic E-state index is -0.265. The molecule has 0 bridgehead atoms. The predicted octanol–water partition coefficient (Wildman–Crippen LogP) is 2.97. The van der Waals surface area contributed by atoms with E-state index in [1.165, 1.54) is 0 Å². The topological polar surface area (TPSA) is 96.0 Å². The summed E-state index contributed by atoms with van der Waals surface area (Å²) in [5, 5.41) is 6.74. The molecule has 3 heterocycles. The molecule has 2 N–H and O–H groups in total. The van der Waals surface area contributed by atoms with Gasteiger partial charge in [-0.1, -0.05) is 12.1 Å². The lowest BCUT2D eigenvalue weighted by Gasteiger charge is -2.33. The average Bonchev–Trinajstić information content (AvgIpc) is 2.91. The Morgan fingerprint density at radius 3 is 2.57 bits per heavy atom. The maximum atomic E-state index is 12.5. The van der Waals surface area contributed by atoms with Crippen LogP contribution in [0.1, 0.15) is 18.4 Å². The summed E-state index contributed by atoms with van der Waals surface area (Å²) >= 11 is 0. The van der Waals surface area contributed by atoms with Crippen molar-refractivity contribution in [1.82, 2.24) is 15.2 Å². The normalized spacial score (nSPS) is 17.5. The van der Waals surface area contributed by atoms with Crippen LogP contribution in [0, 0.1) is 6.92 Å². The van der Waals surface area contributed by atoms with Gasteiger partial charge in [0.25, 0.3) is 0 Å². The SMILES string of the molecule is Cc1cc(N2CCN(C)CC2)nc2ccc(NC(=O)CCC(=O)NC[C@H]3COc4ccccc4O3)cc12. The van der Waals surface area contributed by atoms with Gasteiger partial charge in [-0.05, 0) is 55.9 Å². The first kappa shape index (κ1) is 24.8. The molecule has 0 spiro atoms. The van der Waals surface area contributed by atoms with Crippen molar-refractivity contribution in [1.29, 1.82) is 0 Å². The Balaban J connectivity index is 1.10. The Morgan fingerprint density at radius 1 is 1.00 bits per heavy atom. The fourth-order valence-electron chi connectivity index (χ4n) is 4.58. The smallest absolute Gasteiger partial charge is 0.224 e. The molecule has 9 nitrogen and oxygen atoms in total. The quantitative estimate of drug-likeness (QED) is 0.512. The van der Waals surface area contributed by atoms with Crippen molar-refractivity contribution in [2.75, 3.05) is 56.6 Å². The number of carbonyl (C=O) groups excluding carboxylic acids is 2. The number of nitrogens with one attached hydrogen (secondary N) is 2. The zero-order chi connectivity index (χ0) is 25.8. The van der Waals surface area contributed by atoms with Crippen LogP contribution in [0.25, 0.3) is 10.9 Å². The third-order valence-electron chi connectivity index (χ3n) is 6.79. The number of para-hydroxylation sites is 2. The molecule has 2 aliphatic rings. The highest BCUT2D eigenvalue weighted by Crippen LogP contribution is 2.30. The average molecular weight is 504 g/mol. The molecule has 3 aromatic rings. The minimum absolute atomic E-state index is 0.0916. The molecule has 1 aromatic heterocycles. The third-order valence-corrected chi connectivity index (χ3v) is 6.79. The summed E-state index contributed by atoms with van der Waals surface area (Å²) in [6.45, 7) is 6.74. The van der Waals surface area contributed by atoms with Gasteiger partial charge >= 0.3 is 0 Å². The number of fused-ring (bicyclic) bond motifs is 2. The number of hydrogen-bond donors (Lipinski definition) is 2. The van der Waals surface area contributed by atoms with E-state index in [9.17, 15) is 9.59 Å². The second-order valence-corrected chi connectivity index (χ2v) is 9.67. The van der Waals surface area contributed by atoms with E-state index in [0.717, 1.165) is 48.5 Å². The molecule has 2 amide bonds. The van der Waals surface area contributed by atoms with E-state index < -0.39 is 0 Å². The number of hydrogen-bond acceptors (Lipinski definition) is 7. The molecular weight excluding hydrogens is 470 g/mol. The fraction of sp³-hybridized carbons (Fsp3) is 0.393. The molecule has 2 aromatic carbocycles. The Hall–Kier alpha value is -3.85. The molecular formula is C28H33N5O4. The Kier molecular flexibility index (Phi) is 7.41. The Bertz CT molecular complexity index is 1290. The first-order valence-corrected chi connectivity index (χ1v) is 12.7. The van der Waals surface area contributed by atoms with Crippen LogP contribution in [0.5, 0.6) is 11.5 Å². The zero-order valence-electron chi connectivity index (χ0n) is 21.3. The summed E-state index contributed by atoms with van der Waals surface area (Å²) < 4.78 is 11.5. The molecule has 37 heavy (non-hydrogen) atoms. The van der Waals surface area contributed by atoms with E-state index in [-0.39, 0.29) is 30.8 Å². The van der Waals surface area contributed by atoms with Crippen LogP contribution >= 0.6 is 0 Å². The summed E-state index contributed by atoms with van der Waals surface area (Å²) in [6.07, 6.45) is -0.0776. The molecule has 0 radical (unpaired) electrons. The van der Waals surface area contributed by atoms with Crippen LogP contribution in [-0.2, 0) is 9.59 Å². The van der Waals surface area contributed by atoms with Crippen LogP contribution in [-0.4, -0.2) is 74.2 Å². The number of carbonyl (C=O) groups is 2. The molecule has 5 rings (SSSR count). The second-order valence-electron chi connectivity index (χ2n) is 9.67. The van der Waals surface area contributed by atoms with E-state index in [1.54, 1.807) is 0 Å². The van der Waals surface area contributed by atoms with E-state index in [0.29, 0.717) is 30.3 Å². The highest BCUT2D eigenvalue weighted by molar-refractivity contribution is 5.96. The molecule has 1 saturated heterocycles. The molecule has 9 heteroatoms. The van der Waals surface area contributed by atoms with Crippen LogP contribution in [0.15, 0.2) is 48.5 Å². The van der Waals surface area contributed by atoms with Gasteiger partial charge in [-0.25, -0.2) is 4.98 Å². The first-order chi connectivity index (χ1) is 17.9. The number of rotatable bonds is 7. The lowest BCUT2D eigenvalue weighted by Crippen LogP contribution is -2.44. The molecule has 194 valence electrons. The van der Waals surface area contributed by atoms with Gasteiger partial charge in [0.05, 0.1) is 12.1 Å². The van der Waals surface area contributed by atoms with E-state index in [1.807, 2.05) is 42.5 Å². The van der Waals surface area contributed by atoms with Gasteiger partial charge in [0, 0.05) is 50.1 Å². The second kappa shape index (κ2) is 11.0. The van der Waals surface area contributed by atoms with E-state index >= 15 is 0 Å². The standard InChI is InChI=1S/C28H33N5O4/c1-19-15-26(33-13-11-32(2)12-14-33)31-23-8-7-20(16-22(19)23)30-28(35)10-9-27(34)29-17-21-18-36-24-5-3-4-6-25(24)37-21/h3-8,15-16,21H,9-14,17-18H2,1-2H3,(H,29,34)(H,30,35)/t21-/m0/s1. The highest BCUT2D eigenvalue weighted by atomic mass is 16.6. The number of piperazine rings is 1. The van der Waals surface area contributed by atoms with Crippen molar-refractivity contribution >= 4 is 34.2 Å².